The molecule has 0 saturated carbocycles. The minimum absolute atomic E-state index is 0.128. The van der Waals surface area contributed by atoms with Crippen molar-refractivity contribution in [3.63, 3.8) is 0 Å². The maximum atomic E-state index is 12.3. The third-order valence-corrected chi connectivity index (χ3v) is 6.93. The average Bonchev–Trinajstić information content (AvgIpc) is 3.13. The topological polar surface area (TPSA) is 59.8 Å². The predicted molar refractivity (Wildman–Crippen MR) is 132 cm³/mol. The van der Waals surface area contributed by atoms with E-state index in [0.29, 0.717) is 28.2 Å². The van der Waals surface area contributed by atoms with E-state index in [1.165, 1.54) is 17.3 Å². The van der Waals surface area contributed by atoms with E-state index in [2.05, 4.69) is 22.1 Å². The predicted octanol–water partition coefficient (Wildman–Crippen LogP) is 6.24. The molecule has 0 bridgehead atoms. The van der Waals surface area contributed by atoms with Gasteiger partial charge in [0.2, 0.25) is 5.91 Å². The fraction of sp³-hybridized carbons (Fsp3) is 0.227. The van der Waals surface area contributed by atoms with Crippen LogP contribution in [-0.2, 0) is 22.8 Å². The summed E-state index contributed by atoms with van der Waals surface area (Å²) in [5, 5.41) is 13.5. The highest BCUT2D eigenvalue weighted by Gasteiger charge is 2.14. The SMILES string of the molecule is C=CCn1c(CSCc2ccc(Cl)cc2)nnc1SCC(=O)Nc1ccc(C)c(Cl)c1. The number of aromatic nitrogens is 3. The number of aryl methyl sites for hydroxylation is 1. The Morgan fingerprint density at radius 3 is 2.65 bits per heavy atom. The molecule has 0 radical (unpaired) electrons. The number of nitrogens with zero attached hydrogens (tertiary/aromatic N) is 3. The maximum absolute atomic E-state index is 12.3. The smallest absolute Gasteiger partial charge is 0.234 e. The number of hydrogen-bond acceptors (Lipinski definition) is 5. The second-order valence-corrected chi connectivity index (χ2v) is 9.49. The lowest BCUT2D eigenvalue weighted by atomic mass is 10.2. The van der Waals surface area contributed by atoms with Crippen molar-refractivity contribution < 1.29 is 4.79 Å². The lowest BCUT2D eigenvalue weighted by molar-refractivity contribution is -0.113. The third-order valence-electron chi connectivity index (χ3n) is 4.31. The molecule has 162 valence electrons. The highest BCUT2D eigenvalue weighted by atomic mass is 35.5. The van der Waals surface area contributed by atoms with Gasteiger partial charge in [-0.1, -0.05) is 59.2 Å². The Morgan fingerprint density at radius 2 is 1.94 bits per heavy atom. The van der Waals surface area contributed by atoms with Crippen molar-refractivity contribution in [1.82, 2.24) is 14.8 Å². The van der Waals surface area contributed by atoms with E-state index in [-0.39, 0.29) is 11.7 Å². The molecular formula is C22H22Cl2N4OS2. The molecule has 0 saturated heterocycles. The first-order valence-corrected chi connectivity index (χ1v) is 12.4. The molecule has 5 nitrogen and oxygen atoms in total. The van der Waals surface area contributed by atoms with Gasteiger partial charge in [-0.3, -0.25) is 4.79 Å². The molecule has 1 heterocycles. The Balaban J connectivity index is 1.56. The van der Waals surface area contributed by atoms with E-state index in [9.17, 15) is 4.79 Å². The van der Waals surface area contributed by atoms with Gasteiger partial charge in [0.05, 0.1) is 11.5 Å². The minimum Gasteiger partial charge on any atom is -0.325 e. The van der Waals surface area contributed by atoms with Gasteiger partial charge >= 0.3 is 0 Å². The highest BCUT2D eigenvalue weighted by molar-refractivity contribution is 7.99. The number of carbonyl (C=O) groups excluding carboxylic acids is 1. The van der Waals surface area contributed by atoms with Crippen LogP contribution in [0.3, 0.4) is 0 Å². The van der Waals surface area contributed by atoms with Crippen LogP contribution in [0, 0.1) is 6.92 Å². The zero-order valence-electron chi connectivity index (χ0n) is 17.0. The quantitative estimate of drug-likeness (QED) is 0.268. The normalized spacial score (nSPS) is 10.8. The van der Waals surface area contributed by atoms with Gasteiger partial charge in [0, 0.05) is 28.0 Å². The molecule has 3 aromatic rings. The Labute approximate surface area is 200 Å². The number of allylic oxidation sites excluding steroid dienone is 1. The van der Waals surface area contributed by atoms with E-state index in [4.69, 9.17) is 23.2 Å². The highest BCUT2D eigenvalue weighted by Crippen LogP contribution is 2.24. The molecule has 0 aliphatic heterocycles. The molecule has 0 aliphatic carbocycles. The molecule has 0 spiro atoms. The van der Waals surface area contributed by atoms with Gasteiger partial charge in [-0.15, -0.1) is 28.5 Å². The first-order chi connectivity index (χ1) is 15.0. The van der Waals surface area contributed by atoms with Crippen LogP contribution in [0.1, 0.15) is 17.0 Å². The lowest BCUT2D eigenvalue weighted by Crippen LogP contribution is -2.14. The van der Waals surface area contributed by atoms with Crippen LogP contribution in [0.25, 0.3) is 0 Å². The summed E-state index contributed by atoms with van der Waals surface area (Å²) in [7, 11) is 0. The molecule has 2 aromatic carbocycles. The summed E-state index contributed by atoms with van der Waals surface area (Å²) in [6, 6.07) is 13.3. The molecule has 1 N–H and O–H groups in total. The second-order valence-electron chi connectivity index (χ2n) is 6.72. The molecule has 0 fully saturated rings. The number of amides is 1. The van der Waals surface area contributed by atoms with Crippen molar-refractivity contribution in [3.05, 3.63) is 82.1 Å². The number of carbonyl (C=O) groups is 1. The molecule has 1 amide bonds. The second kappa shape index (κ2) is 11.6. The van der Waals surface area contributed by atoms with Gasteiger partial charge in [-0.2, -0.15) is 0 Å². The monoisotopic (exact) mass is 492 g/mol. The molecule has 3 rings (SSSR count). The van der Waals surface area contributed by atoms with Gasteiger partial charge < -0.3 is 9.88 Å². The summed E-state index contributed by atoms with van der Waals surface area (Å²) < 4.78 is 1.99. The fourth-order valence-electron chi connectivity index (χ4n) is 2.68. The van der Waals surface area contributed by atoms with E-state index >= 15 is 0 Å². The summed E-state index contributed by atoms with van der Waals surface area (Å²) in [4.78, 5) is 12.3. The number of halogens is 2. The number of nitrogens with one attached hydrogen (secondary N) is 1. The number of thioether (sulfide) groups is 2. The number of anilines is 1. The van der Waals surface area contributed by atoms with Crippen LogP contribution in [0.15, 0.2) is 60.3 Å². The molecule has 0 atom stereocenters. The van der Waals surface area contributed by atoms with Gasteiger partial charge in [-0.25, -0.2) is 0 Å². The van der Waals surface area contributed by atoms with Crippen molar-refractivity contribution in [2.75, 3.05) is 11.1 Å². The fourth-order valence-corrected chi connectivity index (χ4v) is 4.68. The van der Waals surface area contributed by atoms with Gasteiger partial charge in [-0.05, 0) is 42.3 Å². The molecule has 9 heteroatoms. The van der Waals surface area contributed by atoms with Crippen molar-refractivity contribution in [2.24, 2.45) is 0 Å². The lowest BCUT2D eigenvalue weighted by Gasteiger charge is -2.09. The average molecular weight is 493 g/mol. The van der Waals surface area contributed by atoms with Crippen LogP contribution in [0.4, 0.5) is 5.69 Å². The van der Waals surface area contributed by atoms with Crippen LogP contribution in [0.5, 0.6) is 0 Å². The standard InChI is InChI=1S/C22H22Cl2N4OS2/c1-3-10-28-20(13-30-12-16-5-7-17(23)8-6-16)26-27-22(28)31-14-21(29)25-18-9-4-15(2)19(24)11-18/h3-9,11H,1,10,12-14H2,2H3,(H,25,29). The molecule has 0 unspecified atom stereocenters. The van der Waals surface area contributed by atoms with E-state index in [0.717, 1.165) is 22.2 Å². The number of rotatable bonds is 10. The summed E-state index contributed by atoms with van der Waals surface area (Å²) in [6.07, 6.45) is 1.80. The minimum atomic E-state index is -0.128. The summed E-state index contributed by atoms with van der Waals surface area (Å²) >= 11 is 15.1. The first-order valence-electron chi connectivity index (χ1n) is 9.50. The van der Waals surface area contributed by atoms with Crippen LogP contribution in [0.2, 0.25) is 10.0 Å². The Hall–Kier alpha value is -1.93. The first kappa shape index (κ1) is 23.7. The molecule has 0 aliphatic rings. The van der Waals surface area contributed by atoms with Crippen molar-refractivity contribution >= 4 is 58.3 Å². The third kappa shape index (κ3) is 7.04. The Kier molecular flexibility index (Phi) is 8.90. The Morgan fingerprint density at radius 1 is 1.16 bits per heavy atom. The van der Waals surface area contributed by atoms with Crippen molar-refractivity contribution in [1.29, 1.82) is 0 Å². The van der Waals surface area contributed by atoms with Gasteiger partial charge in [0.25, 0.3) is 0 Å². The summed E-state index contributed by atoms with van der Waals surface area (Å²) in [5.74, 6) is 2.50. The van der Waals surface area contributed by atoms with Crippen LogP contribution < -0.4 is 5.32 Å². The molecular weight excluding hydrogens is 471 g/mol. The van der Waals surface area contributed by atoms with Crippen molar-refractivity contribution in [3.8, 4) is 0 Å². The van der Waals surface area contributed by atoms with Crippen LogP contribution in [-0.4, -0.2) is 26.4 Å². The zero-order chi connectivity index (χ0) is 22.2. The maximum Gasteiger partial charge on any atom is 0.234 e. The van der Waals surface area contributed by atoms with Crippen LogP contribution >= 0.6 is 46.7 Å². The van der Waals surface area contributed by atoms with Gasteiger partial charge in [0.1, 0.15) is 5.82 Å². The summed E-state index contributed by atoms with van der Waals surface area (Å²) in [5.41, 5.74) is 2.84. The number of benzene rings is 2. The molecule has 31 heavy (non-hydrogen) atoms. The van der Waals surface area contributed by atoms with E-state index in [1.54, 1.807) is 23.9 Å². The zero-order valence-corrected chi connectivity index (χ0v) is 20.1. The van der Waals surface area contributed by atoms with Gasteiger partial charge in [0.15, 0.2) is 5.16 Å². The summed E-state index contributed by atoms with van der Waals surface area (Å²) in [6.45, 7) is 6.33. The molecule has 1 aromatic heterocycles. The number of hydrogen-bond donors (Lipinski definition) is 1. The van der Waals surface area contributed by atoms with Crippen molar-refractivity contribution in [2.45, 2.75) is 30.1 Å². The van der Waals surface area contributed by atoms with E-state index in [1.807, 2.05) is 47.9 Å². The largest absolute Gasteiger partial charge is 0.325 e. The van der Waals surface area contributed by atoms with E-state index < -0.39 is 0 Å². The Bertz CT molecular complexity index is 1050.